The molecular weight excluding hydrogens is 426 g/mol. The Kier molecular flexibility index (Phi) is 9.53. The van der Waals surface area contributed by atoms with Gasteiger partial charge in [-0.1, -0.05) is 42.3 Å². The van der Waals surface area contributed by atoms with E-state index in [0.29, 0.717) is 30.3 Å². The number of ketones is 1. The van der Waals surface area contributed by atoms with E-state index in [-0.39, 0.29) is 23.8 Å². The highest BCUT2D eigenvalue weighted by Crippen LogP contribution is 2.21. The second kappa shape index (κ2) is 12.6. The van der Waals surface area contributed by atoms with Crippen LogP contribution in [0.5, 0.6) is 0 Å². The molecular formula is C25H32ClN3O3. The molecule has 0 bridgehead atoms. The Bertz CT molecular complexity index is 871. The summed E-state index contributed by atoms with van der Waals surface area (Å²) in [5.74, 6) is 0.329. The molecule has 1 unspecified atom stereocenters. The summed E-state index contributed by atoms with van der Waals surface area (Å²) in [5.41, 5.74) is 2.61. The van der Waals surface area contributed by atoms with Crippen LogP contribution in [-0.4, -0.2) is 38.1 Å². The zero-order valence-electron chi connectivity index (χ0n) is 18.5. The molecule has 1 aliphatic heterocycles. The van der Waals surface area contributed by atoms with Gasteiger partial charge in [-0.05, 0) is 61.2 Å². The van der Waals surface area contributed by atoms with Gasteiger partial charge in [-0.2, -0.15) is 0 Å². The third kappa shape index (κ3) is 7.93. The molecule has 0 spiro atoms. The number of Topliss-reactive ketones (excluding diaryl/α,β-unsaturated/α-hetero) is 1. The van der Waals surface area contributed by atoms with Gasteiger partial charge < -0.3 is 20.7 Å². The van der Waals surface area contributed by atoms with Crippen molar-refractivity contribution in [3.63, 3.8) is 0 Å². The number of anilines is 1. The fourth-order valence-corrected chi connectivity index (χ4v) is 4.12. The Balaban J connectivity index is 1.48. The zero-order chi connectivity index (χ0) is 22.8. The van der Waals surface area contributed by atoms with Crippen LogP contribution in [0, 0.1) is 5.92 Å². The third-order valence-corrected chi connectivity index (χ3v) is 6.01. The predicted molar refractivity (Wildman–Crippen MR) is 128 cm³/mol. The average Bonchev–Trinajstić information content (AvgIpc) is 2.76. The zero-order valence-corrected chi connectivity index (χ0v) is 19.3. The molecule has 3 N–H and O–H groups in total. The Hall–Kier alpha value is -2.41. The molecule has 7 heteroatoms. The smallest absolute Gasteiger partial charge is 0.319 e. The van der Waals surface area contributed by atoms with Crippen molar-refractivity contribution in [1.29, 1.82) is 0 Å². The lowest BCUT2D eigenvalue weighted by Gasteiger charge is -2.26. The van der Waals surface area contributed by atoms with Gasteiger partial charge in [0.2, 0.25) is 0 Å². The molecule has 0 aromatic heterocycles. The summed E-state index contributed by atoms with van der Waals surface area (Å²) in [7, 11) is 1.70. The summed E-state index contributed by atoms with van der Waals surface area (Å²) in [6, 6.07) is 14.7. The van der Waals surface area contributed by atoms with Crippen LogP contribution in [0.4, 0.5) is 10.5 Å². The molecule has 2 aromatic carbocycles. The predicted octanol–water partition coefficient (Wildman–Crippen LogP) is 4.57. The van der Waals surface area contributed by atoms with Crippen LogP contribution in [0.1, 0.15) is 36.8 Å². The molecule has 2 atom stereocenters. The largest absolute Gasteiger partial charge is 0.383 e. The van der Waals surface area contributed by atoms with Crippen molar-refractivity contribution < 1.29 is 14.3 Å². The number of methoxy groups -OCH3 is 1. The van der Waals surface area contributed by atoms with Gasteiger partial charge >= 0.3 is 6.03 Å². The van der Waals surface area contributed by atoms with E-state index < -0.39 is 0 Å². The Morgan fingerprint density at radius 1 is 1.06 bits per heavy atom. The summed E-state index contributed by atoms with van der Waals surface area (Å²) < 4.78 is 5.30. The van der Waals surface area contributed by atoms with Crippen molar-refractivity contribution >= 4 is 29.1 Å². The normalized spacial score (nSPS) is 18.9. The number of ether oxygens (including phenoxy) is 1. The monoisotopic (exact) mass is 457 g/mol. The Labute approximate surface area is 195 Å². The number of carbonyl (C=O) groups excluding carboxylic acids is 2. The molecule has 0 radical (unpaired) electrons. The minimum atomic E-state index is -0.282. The first-order valence-corrected chi connectivity index (χ1v) is 11.5. The van der Waals surface area contributed by atoms with Crippen LogP contribution in [0.25, 0.3) is 0 Å². The average molecular weight is 458 g/mol. The van der Waals surface area contributed by atoms with Gasteiger partial charge in [0.15, 0.2) is 0 Å². The minimum absolute atomic E-state index is 0.0550. The van der Waals surface area contributed by atoms with Gasteiger partial charge in [0.05, 0.1) is 6.61 Å². The summed E-state index contributed by atoms with van der Waals surface area (Å²) in [4.78, 5) is 25.1. The molecule has 2 aromatic rings. The van der Waals surface area contributed by atoms with Crippen molar-refractivity contribution in [1.82, 2.24) is 10.6 Å². The molecule has 172 valence electrons. The van der Waals surface area contributed by atoms with Crippen LogP contribution >= 0.6 is 11.6 Å². The van der Waals surface area contributed by atoms with E-state index in [0.717, 1.165) is 43.4 Å². The fraction of sp³-hybridized carbons (Fsp3) is 0.440. The van der Waals surface area contributed by atoms with Crippen molar-refractivity contribution in [2.45, 2.75) is 44.7 Å². The highest BCUT2D eigenvalue weighted by Gasteiger charge is 2.24. The van der Waals surface area contributed by atoms with Crippen LogP contribution in [0.15, 0.2) is 48.5 Å². The van der Waals surface area contributed by atoms with E-state index in [1.165, 1.54) is 0 Å². The van der Waals surface area contributed by atoms with E-state index in [2.05, 4.69) is 16.0 Å². The fourth-order valence-electron chi connectivity index (χ4n) is 4.00. The molecule has 0 aliphatic carbocycles. The van der Waals surface area contributed by atoms with Crippen molar-refractivity contribution in [2.75, 3.05) is 25.6 Å². The molecule has 0 saturated carbocycles. The number of halogens is 1. The lowest BCUT2D eigenvalue weighted by Crippen LogP contribution is -2.39. The molecule has 1 heterocycles. The first-order valence-electron chi connectivity index (χ1n) is 11.2. The lowest BCUT2D eigenvalue weighted by molar-refractivity contribution is -0.123. The summed E-state index contributed by atoms with van der Waals surface area (Å²) in [6.07, 6.45) is 4.32. The van der Waals surface area contributed by atoms with Gasteiger partial charge in [0, 0.05) is 42.7 Å². The summed E-state index contributed by atoms with van der Waals surface area (Å²) >= 11 is 5.87. The number of amides is 2. The second-order valence-corrected chi connectivity index (χ2v) is 8.75. The SMILES string of the molecule is COC[C@@H]1CC(C(=O)Cc2ccc(NC(=O)NCc3ccc(Cl)cc3)cc2)CCCCN1. The van der Waals surface area contributed by atoms with Gasteiger partial charge in [-0.3, -0.25) is 4.79 Å². The molecule has 1 saturated heterocycles. The number of carbonyl (C=O) groups is 2. The standard InChI is InChI=1S/C25H32ClN3O3/c1-32-17-23-15-20(4-2-3-13-27-23)24(30)14-18-7-11-22(12-8-18)29-25(31)28-16-19-5-9-21(26)10-6-19/h5-12,20,23,27H,2-4,13-17H2,1H3,(H2,28,29,31)/t20?,23-/m0/s1. The first-order chi connectivity index (χ1) is 15.5. The number of nitrogens with one attached hydrogen (secondary N) is 3. The number of urea groups is 1. The van der Waals surface area contributed by atoms with E-state index in [4.69, 9.17) is 16.3 Å². The first kappa shape index (κ1) is 24.2. The van der Waals surface area contributed by atoms with Crippen LogP contribution in [0.3, 0.4) is 0 Å². The van der Waals surface area contributed by atoms with Crippen LogP contribution in [0.2, 0.25) is 5.02 Å². The van der Waals surface area contributed by atoms with Gasteiger partial charge in [0.25, 0.3) is 0 Å². The van der Waals surface area contributed by atoms with Crippen molar-refractivity contribution in [2.24, 2.45) is 5.92 Å². The number of hydrogen-bond acceptors (Lipinski definition) is 4. The van der Waals surface area contributed by atoms with Gasteiger partial charge in [0.1, 0.15) is 5.78 Å². The molecule has 6 nitrogen and oxygen atoms in total. The maximum Gasteiger partial charge on any atom is 0.319 e. The highest BCUT2D eigenvalue weighted by atomic mass is 35.5. The maximum absolute atomic E-state index is 12.9. The van der Waals surface area contributed by atoms with Gasteiger partial charge in [-0.25, -0.2) is 4.79 Å². The second-order valence-electron chi connectivity index (χ2n) is 8.31. The topological polar surface area (TPSA) is 79.5 Å². The summed E-state index contributed by atoms with van der Waals surface area (Å²) in [5, 5.41) is 9.79. The lowest BCUT2D eigenvalue weighted by atomic mass is 9.86. The number of hydrogen-bond donors (Lipinski definition) is 3. The number of rotatable bonds is 8. The maximum atomic E-state index is 12.9. The van der Waals surface area contributed by atoms with Crippen LogP contribution < -0.4 is 16.0 Å². The minimum Gasteiger partial charge on any atom is -0.383 e. The molecule has 32 heavy (non-hydrogen) atoms. The van der Waals surface area contributed by atoms with E-state index >= 15 is 0 Å². The van der Waals surface area contributed by atoms with Crippen molar-refractivity contribution in [3.8, 4) is 0 Å². The van der Waals surface area contributed by atoms with E-state index in [1.807, 2.05) is 36.4 Å². The van der Waals surface area contributed by atoms with Crippen molar-refractivity contribution in [3.05, 3.63) is 64.7 Å². The quantitative estimate of drug-likeness (QED) is 0.542. The molecule has 2 amide bonds. The highest BCUT2D eigenvalue weighted by molar-refractivity contribution is 6.30. The van der Waals surface area contributed by atoms with Gasteiger partial charge in [-0.15, -0.1) is 0 Å². The number of benzene rings is 2. The summed E-state index contributed by atoms with van der Waals surface area (Å²) in [6.45, 7) is 2.02. The Morgan fingerprint density at radius 2 is 1.78 bits per heavy atom. The Morgan fingerprint density at radius 3 is 2.50 bits per heavy atom. The van der Waals surface area contributed by atoms with E-state index in [1.54, 1.807) is 19.2 Å². The molecule has 3 rings (SSSR count). The van der Waals surface area contributed by atoms with Crippen LogP contribution in [-0.2, 0) is 22.5 Å². The van der Waals surface area contributed by atoms with E-state index in [9.17, 15) is 9.59 Å². The molecule has 1 fully saturated rings. The third-order valence-electron chi connectivity index (χ3n) is 5.76. The molecule has 1 aliphatic rings.